The van der Waals surface area contributed by atoms with Gasteiger partial charge in [-0.3, -0.25) is 0 Å². The molecule has 1 aliphatic rings. The second-order valence-corrected chi connectivity index (χ2v) is 8.15. The van der Waals surface area contributed by atoms with Crippen molar-refractivity contribution in [1.82, 2.24) is 4.72 Å². The van der Waals surface area contributed by atoms with Gasteiger partial charge in [-0.05, 0) is 36.6 Å². The van der Waals surface area contributed by atoms with Gasteiger partial charge >= 0.3 is 0 Å². The van der Waals surface area contributed by atoms with Gasteiger partial charge in [-0.2, -0.15) is 0 Å². The molecule has 1 heterocycles. The standard InChI is InChI=1S/C19H22FNO4S/c1-24-18-8-7-16(13-17(18)20)26(22,23)21-14-19(9-11-25-12-10-19)15-5-3-2-4-6-15/h2-8,13,21H,9-12,14H2,1H3. The van der Waals surface area contributed by atoms with Crippen LogP contribution >= 0.6 is 0 Å². The number of benzene rings is 2. The number of nitrogens with one attached hydrogen (secondary N) is 1. The van der Waals surface area contributed by atoms with Gasteiger partial charge in [0.2, 0.25) is 10.0 Å². The van der Waals surface area contributed by atoms with Crippen molar-refractivity contribution in [3.63, 3.8) is 0 Å². The first kappa shape index (κ1) is 18.8. The van der Waals surface area contributed by atoms with Gasteiger partial charge in [0.1, 0.15) is 0 Å². The Kier molecular flexibility index (Phi) is 5.60. The summed E-state index contributed by atoms with van der Waals surface area (Å²) in [5.41, 5.74) is 0.740. The lowest BCUT2D eigenvalue weighted by Crippen LogP contribution is -2.44. The van der Waals surface area contributed by atoms with Gasteiger partial charge in [-0.1, -0.05) is 30.3 Å². The summed E-state index contributed by atoms with van der Waals surface area (Å²) in [4.78, 5) is -0.119. The quantitative estimate of drug-likeness (QED) is 0.838. The maximum absolute atomic E-state index is 13.9. The molecule has 3 rings (SSSR count). The van der Waals surface area contributed by atoms with Gasteiger partial charge in [0.05, 0.1) is 12.0 Å². The van der Waals surface area contributed by atoms with Crippen LogP contribution in [0.15, 0.2) is 53.4 Å². The molecule has 1 aliphatic heterocycles. The van der Waals surface area contributed by atoms with E-state index in [1.807, 2.05) is 30.3 Å². The first-order valence-corrected chi connectivity index (χ1v) is 9.92. The molecule has 5 nitrogen and oxygen atoms in total. The molecule has 0 bridgehead atoms. The second-order valence-electron chi connectivity index (χ2n) is 6.38. The van der Waals surface area contributed by atoms with Crippen molar-refractivity contribution in [2.24, 2.45) is 0 Å². The van der Waals surface area contributed by atoms with Crippen LogP contribution in [0.5, 0.6) is 5.75 Å². The molecular formula is C19H22FNO4S. The van der Waals surface area contributed by atoms with Gasteiger partial charge in [0.25, 0.3) is 0 Å². The fraction of sp³-hybridized carbons (Fsp3) is 0.368. The van der Waals surface area contributed by atoms with Crippen molar-refractivity contribution in [2.45, 2.75) is 23.2 Å². The molecule has 0 aromatic heterocycles. The summed E-state index contributed by atoms with van der Waals surface area (Å²) in [5, 5.41) is 0. The Labute approximate surface area is 153 Å². The Balaban J connectivity index is 1.83. The van der Waals surface area contributed by atoms with E-state index in [-0.39, 0.29) is 22.6 Å². The molecular weight excluding hydrogens is 357 g/mol. The molecule has 7 heteroatoms. The summed E-state index contributed by atoms with van der Waals surface area (Å²) < 4.78 is 52.1. The van der Waals surface area contributed by atoms with Crippen molar-refractivity contribution in [3.8, 4) is 5.75 Å². The SMILES string of the molecule is COc1ccc(S(=O)(=O)NCC2(c3ccccc3)CCOCC2)cc1F. The van der Waals surface area contributed by atoms with Crippen LogP contribution in [-0.2, 0) is 20.2 Å². The molecule has 0 spiro atoms. The monoisotopic (exact) mass is 379 g/mol. The minimum absolute atomic E-state index is 0.00846. The molecule has 0 saturated carbocycles. The molecule has 2 aromatic rings. The molecule has 0 atom stereocenters. The number of sulfonamides is 1. The van der Waals surface area contributed by atoms with E-state index < -0.39 is 15.8 Å². The van der Waals surface area contributed by atoms with Crippen LogP contribution in [0.25, 0.3) is 0 Å². The predicted molar refractivity (Wildman–Crippen MR) is 96.3 cm³/mol. The molecule has 140 valence electrons. The number of rotatable bonds is 6. The number of ether oxygens (including phenoxy) is 2. The van der Waals surface area contributed by atoms with Crippen LogP contribution in [0.4, 0.5) is 4.39 Å². The van der Waals surface area contributed by atoms with Crippen molar-refractivity contribution < 1.29 is 22.3 Å². The number of halogens is 1. The molecule has 26 heavy (non-hydrogen) atoms. The van der Waals surface area contributed by atoms with E-state index in [1.165, 1.54) is 19.2 Å². The molecule has 0 radical (unpaired) electrons. The Hall–Kier alpha value is -1.96. The largest absolute Gasteiger partial charge is 0.494 e. The highest BCUT2D eigenvalue weighted by molar-refractivity contribution is 7.89. The first-order valence-electron chi connectivity index (χ1n) is 8.43. The summed E-state index contributed by atoms with van der Waals surface area (Å²) >= 11 is 0. The maximum Gasteiger partial charge on any atom is 0.240 e. The highest BCUT2D eigenvalue weighted by atomic mass is 32.2. The van der Waals surface area contributed by atoms with E-state index in [9.17, 15) is 12.8 Å². The minimum Gasteiger partial charge on any atom is -0.494 e. The summed E-state index contributed by atoms with van der Waals surface area (Å²) in [7, 11) is -2.51. The minimum atomic E-state index is -3.84. The third kappa shape index (κ3) is 3.90. The topological polar surface area (TPSA) is 64.6 Å². The Morgan fingerprint density at radius 3 is 2.46 bits per heavy atom. The average Bonchev–Trinajstić information content (AvgIpc) is 2.68. The molecule has 2 aromatic carbocycles. The third-order valence-corrected chi connectivity index (χ3v) is 6.27. The van der Waals surface area contributed by atoms with Crippen LogP contribution in [0, 0.1) is 5.82 Å². The molecule has 1 N–H and O–H groups in total. The average molecular weight is 379 g/mol. The van der Waals surface area contributed by atoms with E-state index in [0.29, 0.717) is 13.2 Å². The molecule has 1 saturated heterocycles. The van der Waals surface area contributed by atoms with E-state index >= 15 is 0 Å². The first-order chi connectivity index (χ1) is 12.5. The van der Waals surface area contributed by atoms with Crippen LogP contribution in [-0.4, -0.2) is 35.3 Å². The summed E-state index contributed by atoms with van der Waals surface area (Å²) in [6, 6.07) is 13.5. The predicted octanol–water partition coefficient (Wildman–Crippen LogP) is 2.86. The van der Waals surface area contributed by atoms with Gasteiger partial charge in [0.15, 0.2) is 11.6 Å². The van der Waals surface area contributed by atoms with E-state index in [2.05, 4.69) is 4.72 Å². The lowest BCUT2D eigenvalue weighted by Gasteiger charge is -2.37. The Morgan fingerprint density at radius 2 is 1.85 bits per heavy atom. The van der Waals surface area contributed by atoms with Crippen LogP contribution in [0.2, 0.25) is 0 Å². The van der Waals surface area contributed by atoms with Gasteiger partial charge < -0.3 is 9.47 Å². The van der Waals surface area contributed by atoms with Crippen LogP contribution in [0.1, 0.15) is 18.4 Å². The zero-order valence-corrected chi connectivity index (χ0v) is 15.4. The smallest absolute Gasteiger partial charge is 0.240 e. The Bertz CT molecular complexity index is 849. The number of hydrogen-bond acceptors (Lipinski definition) is 4. The van der Waals surface area contributed by atoms with Crippen molar-refractivity contribution in [1.29, 1.82) is 0 Å². The third-order valence-electron chi connectivity index (χ3n) is 4.87. The lowest BCUT2D eigenvalue weighted by atomic mass is 9.74. The molecule has 0 unspecified atom stereocenters. The molecule has 0 aliphatic carbocycles. The van der Waals surface area contributed by atoms with Gasteiger partial charge in [-0.25, -0.2) is 17.5 Å². The van der Waals surface area contributed by atoms with Crippen LogP contribution < -0.4 is 9.46 Å². The van der Waals surface area contributed by atoms with Crippen molar-refractivity contribution in [3.05, 3.63) is 59.9 Å². The highest BCUT2D eigenvalue weighted by Gasteiger charge is 2.35. The van der Waals surface area contributed by atoms with Gasteiger partial charge in [0, 0.05) is 25.2 Å². The normalized spacial score (nSPS) is 17.0. The van der Waals surface area contributed by atoms with Crippen molar-refractivity contribution >= 4 is 10.0 Å². The van der Waals surface area contributed by atoms with Gasteiger partial charge in [-0.15, -0.1) is 0 Å². The summed E-state index contributed by atoms with van der Waals surface area (Å²) in [6.45, 7) is 1.39. The van der Waals surface area contributed by atoms with E-state index in [1.54, 1.807) is 0 Å². The fourth-order valence-electron chi connectivity index (χ4n) is 3.25. The van der Waals surface area contributed by atoms with Crippen LogP contribution in [0.3, 0.4) is 0 Å². The van der Waals surface area contributed by atoms with E-state index in [4.69, 9.17) is 9.47 Å². The number of hydrogen-bond donors (Lipinski definition) is 1. The second kappa shape index (κ2) is 7.73. The van der Waals surface area contributed by atoms with Crippen molar-refractivity contribution in [2.75, 3.05) is 26.9 Å². The van der Waals surface area contributed by atoms with E-state index in [0.717, 1.165) is 24.5 Å². The molecule has 0 amide bonds. The number of methoxy groups -OCH3 is 1. The lowest BCUT2D eigenvalue weighted by molar-refractivity contribution is 0.0517. The summed E-state index contributed by atoms with van der Waals surface area (Å²) in [6.07, 6.45) is 1.44. The summed E-state index contributed by atoms with van der Waals surface area (Å²) in [5.74, 6) is -0.701. The Morgan fingerprint density at radius 1 is 1.15 bits per heavy atom. The molecule has 1 fully saturated rings. The highest BCUT2D eigenvalue weighted by Crippen LogP contribution is 2.34. The zero-order chi connectivity index (χ0) is 18.6. The maximum atomic E-state index is 13.9. The zero-order valence-electron chi connectivity index (χ0n) is 14.6. The fourth-order valence-corrected chi connectivity index (χ4v) is 4.39.